The molecule has 0 aliphatic rings. The maximum atomic E-state index is 5.44. The van der Waals surface area contributed by atoms with Gasteiger partial charge in [0.2, 0.25) is 0 Å². The van der Waals surface area contributed by atoms with Crippen molar-refractivity contribution < 1.29 is 9.47 Å². The Kier molecular flexibility index (Phi) is 8.45. The first-order valence-corrected chi connectivity index (χ1v) is 7.08. The van der Waals surface area contributed by atoms with E-state index in [1.807, 2.05) is 6.20 Å². The molecule has 1 aromatic heterocycles. The summed E-state index contributed by atoms with van der Waals surface area (Å²) in [5.74, 6) is 0. The minimum atomic E-state index is 0.661. The highest BCUT2D eigenvalue weighted by Crippen LogP contribution is 2.07. The number of methoxy groups -OCH3 is 1. The number of nitrogens with zero attached hydrogens (tertiary/aromatic N) is 2. The second-order valence-electron chi connectivity index (χ2n) is 4.61. The number of aryl methyl sites for hydroxylation is 1. The lowest BCUT2D eigenvalue weighted by atomic mass is 10.2. The second-order valence-corrected chi connectivity index (χ2v) is 4.61. The molecule has 110 valence electrons. The molecule has 0 aliphatic heterocycles. The molecule has 1 N–H and O–H groups in total. The molecule has 0 saturated heterocycles. The Morgan fingerprint density at radius 2 is 2.16 bits per heavy atom. The van der Waals surface area contributed by atoms with Crippen LogP contribution in [0, 0.1) is 6.92 Å². The highest BCUT2D eigenvalue weighted by atomic mass is 16.5. The molecular formula is C14H27N3O2. The molecule has 19 heavy (non-hydrogen) atoms. The van der Waals surface area contributed by atoms with E-state index >= 15 is 0 Å². The van der Waals surface area contributed by atoms with Gasteiger partial charge in [-0.1, -0.05) is 6.92 Å². The van der Waals surface area contributed by atoms with Crippen molar-refractivity contribution in [2.75, 3.05) is 33.5 Å². The fraction of sp³-hybridized carbons (Fsp3) is 0.786. The molecule has 1 rings (SSSR count). The molecule has 0 atom stereocenters. The van der Waals surface area contributed by atoms with Crippen molar-refractivity contribution in [3.05, 3.63) is 17.5 Å². The van der Waals surface area contributed by atoms with Crippen LogP contribution in [0.2, 0.25) is 0 Å². The summed E-state index contributed by atoms with van der Waals surface area (Å²) in [7, 11) is 1.69. The third-order valence-corrected chi connectivity index (χ3v) is 3.04. The van der Waals surface area contributed by atoms with Crippen LogP contribution < -0.4 is 5.32 Å². The van der Waals surface area contributed by atoms with Crippen LogP contribution in [-0.2, 0) is 22.6 Å². The van der Waals surface area contributed by atoms with Crippen LogP contribution in [-0.4, -0.2) is 43.3 Å². The second kappa shape index (κ2) is 9.95. The Balaban J connectivity index is 2.22. The van der Waals surface area contributed by atoms with E-state index in [-0.39, 0.29) is 0 Å². The standard InChI is InChI=1S/C14H27N3O2/c1-4-6-15-11-14-12-16-17(13(14)2)7-5-8-19-10-9-18-3/h12,15H,4-11H2,1-3H3. The van der Waals surface area contributed by atoms with E-state index in [1.54, 1.807) is 7.11 Å². The monoisotopic (exact) mass is 269 g/mol. The molecule has 0 spiro atoms. The molecule has 0 bridgehead atoms. The first kappa shape index (κ1) is 16.1. The summed E-state index contributed by atoms with van der Waals surface area (Å²) in [5, 5.41) is 7.83. The summed E-state index contributed by atoms with van der Waals surface area (Å²) < 4.78 is 12.4. The van der Waals surface area contributed by atoms with Gasteiger partial charge in [0.25, 0.3) is 0 Å². The van der Waals surface area contributed by atoms with Crippen molar-refractivity contribution in [3.63, 3.8) is 0 Å². The topological polar surface area (TPSA) is 48.3 Å². The zero-order chi connectivity index (χ0) is 13.9. The number of ether oxygens (including phenoxy) is 2. The Morgan fingerprint density at radius 3 is 2.89 bits per heavy atom. The molecule has 1 aromatic rings. The highest BCUT2D eigenvalue weighted by molar-refractivity contribution is 5.15. The molecule has 1 heterocycles. The van der Waals surface area contributed by atoms with Gasteiger partial charge in [0, 0.05) is 38.1 Å². The minimum Gasteiger partial charge on any atom is -0.382 e. The lowest BCUT2D eigenvalue weighted by molar-refractivity contribution is 0.0676. The third-order valence-electron chi connectivity index (χ3n) is 3.04. The molecule has 5 nitrogen and oxygen atoms in total. The van der Waals surface area contributed by atoms with E-state index in [4.69, 9.17) is 9.47 Å². The number of aromatic nitrogens is 2. The molecule has 0 fully saturated rings. The Bertz CT molecular complexity index is 339. The van der Waals surface area contributed by atoms with Crippen LogP contribution in [0.1, 0.15) is 31.0 Å². The molecule has 0 aliphatic carbocycles. The van der Waals surface area contributed by atoms with Crippen LogP contribution in [0.5, 0.6) is 0 Å². The maximum Gasteiger partial charge on any atom is 0.0700 e. The first-order chi connectivity index (χ1) is 9.29. The Morgan fingerprint density at radius 1 is 1.32 bits per heavy atom. The number of rotatable bonds is 11. The molecule has 0 radical (unpaired) electrons. The van der Waals surface area contributed by atoms with Gasteiger partial charge >= 0.3 is 0 Å². The van der Waals surface area contributed by atoms with Crippen LogP contribution >= 0.6 is 0 Å². The molecule has 5 heteroatoms. The van der Waals surface area contributed by atoms with E-state index in [1.165, 1.54) is 11.3 Å². The lowest BCUT2D eigenvalue weighted by Gasteiger charge is -2.07. The van der Waals surface area contributed by atoms with Gasteiger partial charge in [-0.3, -0.25) is 4.68 Å². The van der Waals surface area contributed by atoms with Crippen LogP contribution in [0.3, 0.4) is 0 Å². The highest BCUT2D eigenvalue weighted by Gasteiger charge is 2.05. The smallest absolute Gasteiger partial charge is 0.0700 e. The van der Waals surface area contributed by atoms with Gasteiger partial charge in [0.1, 0.15) is 0 Å². The molecule has 0 saturated carbocycles. The fourth-order valence-electron chi connectivity index (χ4n) is 1.84. The van der Waals surface area contributed by atoms with Gasteiger partial charge in [0.05, 0.1) is 19.4 Å². The van der Waals surface area contributed by atoms with E-state index in [9.17, 15) is 0 Å². The molecule has 0 amide bonds. The normalized spacial score (nSPS) is 11.1. The van der Waals surface area contributed by atoms with Gasteiger partial charge in [-0.15, -0.1) is 0 Å². The fourth-order valence-corrected chi connectivity index (χ4v) is 1.84. The lowest BCUT2D eigenvalue weighted by Crippen LogP contribution is -2.14. The summed E-state index contributed by atoms with van der Waals surface area (Å²) >= 11 is 0. The Labute approximate surface area is 116 Å². The summed E-state index contributed by atoms with van der Waals surface area (Å²) in [6.45, 7) is 9.25. The molecule has 0 unspecified atom stereocenters. The van der Waals surface area contributed by atoms with E-state index in [0.717, 1.165) is 39.1 Å². The van der Waals surface area contributed by atoms with E-state index in [2.05, 4.69) is 28.9 Å². The zero-order valence-electron chi connectivity index (χ0n) is 12.4. The molecule has 0 aromatic carbocycles. The zero-order valence-corrected chi connectivity index (χ0v) is 12.4. The van der Waals surface area contributed by atoms with Gasteiger partial charge in [-0.05, 0) is 26.3 Å². The van der Waals surface area contributed by atoms with Crippen LogP contribution in [0.25, 0.3) is 0 Å². The van der Waals surface area contributed by atoms with Gasteiger partial charge in [-0.25, -0.2) is 0 Å². The van der Waals surface area contributed by atoms with Gasteiger partial charge in [-0.2, -0.15) is 5.10 Å². The van der Waals surface area contributed by atoms with Crippen LogP contribution in [0.15, 0.2) is 6.20 Å². The number of nitrogens with one attached hydrogen (secondary N) is 1. The average molecular weight is 269 g/mol. The van der Waals surface area contributed by atoms with Crippen molar-refractivity contribution in [1.82, 2.24) is 15.1 Å². The van der Waals surface area contributed by atoms with Crippen molar-refractivity contribution in [3.8, 4) is 0 Å². The molecular weight excluding hydrogens is 242 g/mol. The number of hydrogen-bond donors (Lipinski definition) is 1. The summed E-state index contributed by atoms with van der Waals surface area (Å²) in [6, 6.07) is 0. The minimum absolute atomic E-state index is 0.661. The van der Waals surface area contributed by atoms with Crippen molar-refractivity contribution in [1.29, 1.82) is 0 Å². The first-order valence-electron chi connectivity index (χ1n) is 7.08. The summed E-state index contributed by atoms with van der Waals surface area (Å²) in [5.41, 5.74) is 2.54. The SMILES string of the molecule is CCCNCc1cnn(CCCOCCOC)c1C. The predicted octanol–water partition coefficient (Wildman–Crippen LogP) is 1.74. The third kappa shape index (κ3) is 6.18. The van der Waals surface area contributed by atoms with Crippen LogP contribution in [0.4, 0.5) is 0 Å². The largest absolute Gasteiger partial charge is 0.382 e. The van der Waals surface area contributed by atoms with Gasteiger partial charge < -0.3 is 14.8 Å². The number of hydrogen-bond acceptors (Lipinski definition) is 4. The summed E-state index contributed by atoms with van der Waals surface area (Å²) in [4.78, 5) is 0. The van der Waals surface area contributed by atoms with Crippen molar-refractivity contribution >= 4 is 0 Å². The Hall–Kier alpha value is -0.910. The average Bonchev–Trinajstić information content (AvgIpc) is 2.76. The quantitative estimate of drug-likeness (QED) is 0.622. The predicted molar refractivity (Wildman–Crippen MR) is 76.3 cm³/mol. The van der Waals surface area contributed by atoms with E-state index in [0.29, 0.717) is 13.2 Å². The van der Waals surface area contributed by atoms with Crippen molar-refractivity contribution in [2.45, 2.75) is 39.8 Å². The maximum absolute atomic E-state index is 5.44. The van der Waals surface area contributed by atoms with E-state index < -0.39 is 0 Å². The van der Waals surface area contributed by atoms with Crippen molar-refractivity contribution in [2.24, 2.45) is 0 Å². The summed E-state index contributed by atoms with van der Waals surface area (Å²) in [6.07, 6.45) is 4.10. The van der Waals surface area contributed by atoms with Gasteiger partial charge in [0.15, 0.2) is 0 Å².